The monoisotopic (exact) mass is 221 g/mol. The summed E-state index contributed by atoms with van der Waals surface area (Å²) in [6.45, 7) is 2.05. The molecule has 16 heavy (non-hydrogen) atoms. The molecule has 0 saturated heterocycles. The van der Waals surface area contributed by atoms with Gasteiger partial charge in [0.15, 0.2) is 11.5 Å². The number of nitrogens with one attached hydrogen (secondary N) is 1. The average molecular weight is 221 g/mol. The van der Waals surface area contributed by atoms with Gasteiger partial charge in [-0.3, -0.25) is 0 Å². The highest BCUT2D eigenvalue weighted by atomic mass is 16.5. The van der Waals surface area contributed by atoms with Gasteiger partial charge in [-0.15, -0.1) is 0 Å². The number of benzene rings is 1. The van der Waals surface area contributed by atoms with Crippen molar-refractivity contribution in [2.75, 3.05) is 14.2 Å². The number of hydrogen-bond acceptors (Lipinski definition) is 3. The maximum absolute atomic E-state index is 5.89. The predicted molar refractivity (Wildman–Crippen MR) is 64.2 cm³/mol. The third-order valence-electron chi connectivity index (χ3n) is 3.12. The molecule has 1 saturated carbocycles. The maximum atomic E-state index is 5.89. The largest absolute Gasteiger partial charge is 0.493 e. The Morgan fingerprint density at radius 2 is 2.00 bits per heavy atom. The lowest BCUT2D eigenvalue weighted by Crippen LogP contribution is -2.45. The molecule has 0 heterocycles. The molecule has 0 spiro atoms. The van der Waals surface area contributed by atoms with Crippen LogP contribution in [0.5, 0.6) is 11.5 Å². The molecule has 3 nitrogen and oxygen atoms in total. The first-order chi connectivity index (χ1) is 7.72. The highest BCUT2D eigenvalue weighted by Crippen LogP contribution is 2.32. The van der Waals surface area contributed by atoms with Crippen LogP contribution in [0.2, 0.25) is 0 Å². The molecule has 1 aromatic rings. The summed E-state index contributed by atoms with van der Waals surface area (Å²) < 4.78 is 11.2. The SMILES string of the molecule is CNC1CC(Oc2ccc(C)cc2OC)C1. The topological polar surface area (TPSA) is 30.5 Å². The molecule has 1 aromatic carbocycles. The van der Waals surface area contributed by atoms with Crippen LogP contribution in [0.4, 0.5) is 0 Å². The van der Waals surface area contributed by atoms with Crippen LogP contribution in [0.15, 0.2) is 18.2 Å². The van der Waals surface area contributed by atoms with E-state index in [9.17, 15) is 0 Å². The standard InChI is InChI=1S/C13H19NO2/c1-9-4-5-12(13(6-9)15-3)16-11-7-10(8-11)14-2/h4-6,10-11,14H,7-8H2,1-3H3. The van der Waals surface area contributed by atoms with Crippen molar-refractivity contribution in [2.24, 2.45) is 0 Å². The zero-order valence-corrected chi connectivity index (χ0v) is 10.1. The summed E-state index contributed by atoms with van der Waals surface area (Å²) >= 11 is 0. The van der Waals surface area contributed by atoms with Gasteiger partial charge in [-0.05, 0) is 44.5 Å². The van der Waals surface area contributed by atoms with Gasteiger partial charge in [-0.2, -0.15) is 0 Å². The van der Waals surface area contributed by atoms with E-state index in [0.29, 0.717) is 12.1 Å². The molecule has 0 radical (unpaired) electrons. The van der Waals surface area contributed by atoms with Crippen molar-refractivity contribution < 1.29 is 9.47 Å². The Labute approximate surface area is 96.8 Å². The summed E-state index contributed by atoms with van der Waals surface area (Å²) in [5.41, 5.74) is 1.19. The van der Waals surface area contributed by atoms with E-state index < -0.39 is 0 Å². The molecule has 0 aromatic heterocycles. The van der Waals surface area contributed by atoms with Crippen molar-refractivity contribution in [2.45, 2.75) is 31.9 Å². The van der Waals surface area contributed by atoms with Crippen LogP contribution in [0, 0.1) is 6.92 Å². The molecule has 2 rings (SSSR count). The molecule has 1 aliphatic rings. The number of methoxy groups -OCH3 is 1. The number of rotatable bonds is 4. The van der Waals surface area contributed by atoms with Gasteiger partial charge in [-0.25, -0.2) is 0 Å². The minimum atomic E-state index is 0.328. The van der Waals surface area contributed by atoms with E-state index in [4.69, 9.17) is 9.47 Å². The Kier molecular flexibility index (Phi) is 3.34. The fraction of sp³-hybridized carbons (Fsp3) is 0.538. The maximum Gasteiger partial charge on any atom is 0.161 e. The van der Waals surface area contributed by atoms with E-state index in [1.54, 1.807) is 7.11 Å². The van der Waals surface area contributed by atoms with E-state index in [1.807, 2.05) is 32.2 Å². The molecule has 0 bridgehead atoms. The highest BCUT2D eigenvalue weighted by molar-refractivity contribution is 5.42. The first-order valence-corrected chi connectivity index (χ1v) is 5.71. The van der Waals surface area contributed by atoms with E-state index in [0.717, 1.165) is 24.3 Å². The first-order valence-electron chi connectivity index (χ1n) is 5.71. The van der Waals surface area contributed by atoms with Crippen molar-refractivity contribution in [1.29, 1.82) is 0 Å². The third kappa shape index (κ3) is 2.30. The molecule has 0 unspecified atom stereocenters. The van der Waals surface area contributed by atoms with Gasteiger partial charge in [0.25, 0.3) is 0 Å². The third-order valence-corrected chi connectivity index (χ3v) is 3.12. The minimum absolute atomic E-state index is 0.328. The van der Waals surface area contributed by atoms with Gasteiger partial charge < -0.3 is 14.8 Å². The number of ether oxygens (including phenoxy) is 2. The van der Waals surface area contributed by atoms with Gasteiger partial charge in [-0.1, -0.05) is 6.07 Å². The molecule has 0 aliphatic heterocycles. The summed E-state index contributed by atoms with van der Waals surface area (Å²) in [6.07, 6.45) is 2.48. The molecule has 1 aliphatic carbocycles. The molecular weight excluding hydrogens is 202 g/mol. The van der Waals surface area contributed by atoms with Crippen LogP contribution >= 0.6 is 0 Å². The molecular formula is C13H19NO2. The van der Waals surface area contributed by atoms with Crippen molar-refractivity contribution in [1.82, 2.24) is 5.32 Å². The van der Waals surface area contributed by atoms with Crippen molar-refractivity contribution >= 4 is 0 Å². The second-order valence-electron chi connectivity index (χ2n) is 4.35. The quantitative estimate of drug-likeness (QED) is 0.845. The van der Waals surface area contributed by atoms with E-state index >= 15 is 0 Å². The van der Waals surface area contributed by atoms with Crippen LogP contribution in [0.1, 0.15) is 18.4 Å². The van der Waals surface area contributed by atoms with Crippen LogP contribution in [0.25, 0.3) is 0 Å². The predicted octanol–water partition coefficient (Wildman–Crippen LogP) is 2.13. The fourth-order valence-electron chi connectivity index (χ4n) is 1.95. The molecule has 3 heteroatoms. The molecule has 1 fully saturated rings. The van der Waals surface area contributed by atoms with Gasteiger partial charge in [0.1, 0.15) is 6.10 Å². The molecule has 1 N–H and O–H groups in total. The van der Waals surface area contributed by atoms with E-state index in [1.165, 1.54) is 5.56 Å². The second kappa shape index (κ2) is 4.74. The summed E-state index contributed by atoms with van der Waals surface area (Å²) in [5.74, 6) is 1.68. The van der Waals surface area contributed by atoms with Crippen molar-refractivity contribution in [3.8, 4) is 11.5 Å². The minimum Gasteiger partial charge on any atom is -0.493 e. The highest BCUT2D eigenvalue weighted by Gasteiger charge is 2.30. The number of hydrogen-bond donors (Lipinski definition) is 1. The molecule has 0 atom stereocenters. The Hall–Kier alpha value is -1.22. The van der Waals surface area contributed by atoms with Gasteiger partial charge in [0.05, 0.1) is 7.11 Å². The fourth-order valence-corrected chi connectivity index (χ4v) is 1.95. The Morgan fingerprint density at radius 3 is 2.62 bits per heavy atom. The van der Waals surface area contributed by atoms with E-state index in [2.05, 4.69) is 5.32 Å². The van der Waals surface area contributed by atoms with Gasteiger partial charge in [0.2, 0.25) is 0 Å². The van der Waals surface area contributed by atoms with Crippen LogP contribution in [-0.2, 0) is 0 Å². The zero-order valence-electron chi connectivity index (χ0n) is 10.1. The lowest BCUT2D eigenvalue weighted by Gasteiger charge is -2.35. The van der Waals surface area contributed by atoms with E-state index in [-0.39, 0.29) is 0 Å². The molecule has 88 valence electrons. The normalized spacial score (nSPS) is 23.7. The Morgan fingerprint density at radius 1 is 1.25 bits per heavy atom. The zero-order chi connectivity index (χ0) is 11.5. The van der Waals surface area contributed by atoms with Crippen molar-refractivity contribution in [3.05, 3.63) is 23.8 Å². The van der Waals surface area contributed by atoms with Crippen LogP contribution in [0.3, 0.4) is 0 Å². The molecule has 0 amide bonds. The Balaban J connectivity index is 1.99. The Bertz CT molecular complexity index is 359. The lowest BCUT2D eigenvalue weighted by atomic mass is 9.89. The second-order valence-corrected chi connectivity index (χ2v) is 4.35. The number of aryl methyl sites for hydroxylation is 1. The summed E-state index contributed by atoms with van der Waals surface area (Å²) in [4.78, 5) is 0. The summed E-state index contributed by atoms with van der Waals surface area (Å²) in [5, 5.41) is 3.24. The first kappa shape index (κ1) is 11.3. The van der Waals surface area contributed by atoms with Crippen LogP contribution < -0.4 is 14.8 Å². The van der Waals surface area contributed by atoms with Crippen LogP contribution in [-0.4, -0.2) is 26.3 Å². The van der Waals surface area contributed by atoms with Gasteiger partial charge >= 0.3 is 0 Å². The van der Waals surface area contributed by atoms with Crippen molar-refractivity contribution in [3.63, 3.8) is 0 Å². The smallest absolute Gasteiger partial charge is 0.161 e. The lowest BCUT2D eigenvalue weighted by molar-refractivity contribution is 0.0854. The average Bonchev–Trinajstić information content (AvgIpc) is 2.24. The van der Waals surface area contributed by atoms with Gasteiger partial charge in [0, 0.05) is 6.04 Å². The summed E-state index contributed by atoms with van der Waals surface area (Å²) in [7, 11) is 3.67. The summed E-state index contributed by atoms with van der Waals surface area (Å²) in [6, 6.07) is 6.65.